The number of hydrogen-bond donors (Lipinski definition) is 2. The average Bonchev–Trinajstić information content (AvgIpc) is 2.79. The van der Waals surface area contributed by atoms with Crippen LogP contribution in [0.25, 0.3) is 0 Å². The lowest BCUT2D eigenvalue weighted by Gasteiger charge is -2.01. The van der Waals surface area contributed by atoms with Crippen molar-refractivity contribution in [3.63, 3.8) is 0 Å². The molecule has 2 rings (SSSR count). The van der Waals surface area contributed by atoms with Gasteiger partial charge in [-0.15, -0.1) is 0 Å². The number of carbonyl (C=O) groups is 1. The maximum absolute atomic E-state index is 10.7. The van der Waals surface area contributed by atoms with E-state index >= 15 is 0 Å². The van der Waals surface area contributed by atoms with Crippen LogP contribution in [0.1, 0.15) is 15.2 Å². The highest BCUT2D eigenvalue weighted by molar-refractivity contribution is 7.17. The molecular formula is C11H7N3O2S. The summed E-state index contributed by atoms with van der Waals surface area (Å²) in [6.07, 6.45) is 1.30. The van der Waals surface area contributed by atoms with Crippen molar-refractivity contribution in [3.8, 4) is 6.07 Å². The minimum absolute atomic E-state index is 0.182. The van der Waals surface area contributed by atoms with Gasteiger partial charge in [0.25, 0.3) is 0 Å². The monoisotopic (exact) mass is 245 g/mol. The molecule has 0 fully saturated rings. The third kappa shape index (κ3) is 2.59. The van der Waals surface area contributed by atoms with E-state index in [1.165, 1.54) is 6.20 Å². The number of benzene rings is 1. The summed E-state index contributed by atoms with van der Waals surface area (Å²) in [6.45, 7) is 0. The van der Waals surface area contributed by atoms with Crippen LogP contribution in [-0.2, 0) is 0 Å². The Bertz CT molecular complexity index is 584. The molecule has 0 spiro atoms. The quantitative estimate of drug-likeness (QED) is 0.867. The predicted octanol–water partition coefficient (Wildman–Crippen LogP) is 2.46. The Morgan fingerprint density at radius 1 is 1.41 bits per heavy atom. The average molecular weight is 245 g/mol. The number of thiazole rings is 1. The molecule has 5 nitrogen and oxygen atoms in total. The molecular weight excluding hydrogens is 238 g/mol. The van der Waals surface area contributed by atoms with E-state index < -0.39 is 5.97 Å². The lowest BCUT2D eigenvalue weighted by molar-refractivity contribution is 0.0702. The SMILES string of the molecule is N#Cc1ccc(Nc2ncc(C(=O)O)s2)cc1. The van der Waals surface area contributed by atoms with E-state index in [9.17, 15) is 4.79 Å². The second-order valence-corrected chi connectivity index (χ2v) is 4.18. The first-order valence-corrected chi connectivity index (χ1v) is 5.47. The van der Waals surface area contributed by atoms with Crippen LogP contribution in [0.5, 0.6) is 0 Å². The molecule has 0 amide bonds. The molecule has 84 valence electrons. The fourth-order valence-corrected chi connectivity index (χ4v) is 1.86. The van der Waals surface area contributed by atoms with Gasteiger partial charge >= 0.3 is 5.97 Å². The Labute approximate surface area is 101 Å². The van der Waals surface area contributed by atoms with Crippen molar-refractivity contribution in [2.75, 3.05) is 5.32 Å². The molecule has 0 radical (unpaired) electrons. The first kappa shape index (κ1) is 11.1. The molecule has 0 aliphatic carbocycles. The Kier molecular flexibility index (Phi) is 3.03. The summed E-state index contributed by atoms with van der Waals surface area (Å²) >= 11 is 1.06. The van der Waals surface area contributed by atoms with Crippen LogP contribution in [0.4, 0.5) is 10.8 Å². The summed E-state index contributed by atoms with van der Waals surface area (Å²) in [5, 5.41) is 20.8. The molecule has 0 bridgehead atoms. The molecule has 0 saturated carbocycles. The van der Waals surface area contributed by atoms with Gasteiger partial charge in [0, 0.05) is 5.69 Å². The molecule has 6 heteroatoms. The summed E-state index contributed by atoms with van der Waals surface area (Å²) in [5.74, 6) is -0.990. The van der Waals surface area contributed by atoms with Crippen molar-refractivity contribution in [1.29, 1.82) is 5.26 Å². The molecule has 2 N–H and O–H groups in total. The molecule has 1 aromatic heterocycles. The molecule has 0 aliphatic heterocycles. The van der Waals surface area contributed by atoms with Gasteiger partial charge in [0.2, 0.25) is 0 Å². The zero-order valence-electron chi connectivity index (χ0n) is 8.54. The molecule has 1 aromatic carbocycles. The van der Waals surface area contributed by atoms with E-state index in [2.05, 4.69) is 10.3 Å². The van der Waals surface area contributed by atoms with Gasteiger partial charge in [0.05, 0.1) is 17.8 Å². The summed E-state index contributed by atoms with van der Waals surface area (Å²) in [4.78, 5) is 14.8. The molecule has 0 atom stereocenters. The van der Waals surface area contributed by atoms with Crippen molar-refractivity contribution in [1.82, 2.24) is 4.98 Å². The number of anilines is 2. The zero-order valence-corrected chi connectivity index (χ0v) is 9.36. The van der Waals surface area contributed by atoms with E-state index in [-0.39, 0.29) is 4.88 Å². The Morgan fingerprint density at radius 2 is 2.12 bits per heavy atom. The Hall–Kier alpha value is -2.39. The number of nitrogens with zero attached hydrogens (tertiary/aromatic N) is 2. The largest absolute Gasteiger partial charge is 0.477 e. The normalized spacial score (nSPS) is 9.59. The predicted molar refractivity (Wildman–Crippen MR) is 63.5 cm³/mol. The van der Waals surface area contributed by atoms with Gasteiger partial charge in [-0.2, -0.15) is 5.26 Å². The fraction of sp³-hybridized carbons (Fsp3) is 0. The maximum Gasteiger partial charge on any atom is 0.347 e. The second-order valence-electron chi connectivity index (χ2n) is 3.15. The summed E-state index contributed by atoms with van der Waals surface area (Å²) in [5.41, 5.74) is 1.33. The lowest BCUT2D eigenvalue weighted by atomic mass is 10.2. The van der Waals surface area contributed by atoms with E-state index in [0.717, 1.165) is 17.0 Å². The topological polar surface area (TPSA) is 86.0 Å². The number of nitrogens with one attached hydrogen (secondary N) is 1. The number of rotatable bonds is 3. The summed E-state index contributed by atoms with van der Waals surface area (Å²) in [6, 6.07) is 8.84. The smallest absolute Gasteiger partial charge is 0.347 e. The maximum atomic E-state index is 10.7. The van der Waals surface area contributed by atoms with E-state index in [0.29, 0.717) is 10.7 Å². The van der Waals surface area contributed by atoms with Gasteiger partial charge in [-0.3, -0.25) is 0 Å². The highest BCUT2D eigenvalue weighted by Gasteiger charge is 2.08. The second kappa shape index (κ2) is 4.63. The molecule has 2 aromatic rings. The summed E-state index contributed by atoms with van der Waals surface area (Å²) < 4.78 is 0. The van der Waals surface area contributed by atoms with Crippen LogP contribution in [0.3, 0.4) is 0 Å². The van der Waals surface area contributed by atoms with Crippen LogP contribution in [0, 0.1) is 11.3 Å². The van der Waals surface area contributed by atoms with Gasteiger partial charge in [-0.25, -0.2) is 9.78 Å². The molecule has 1 heterocycles. The van der Waals surface area contributed by atoms with Crippen molar-refractivity contribution >= 4 is 28.1 Å². The zero-order chi connectivity index (χ0) is 12.3. The number of carboxylic acids is 1. The number of aromatic nitrogens is 1. The van der Waals surface area contributed by atoms with Crippen LogP contribution < -0.4 is 5.32 Å². The van der Waals surface area contributed by atoms with Gasteiger partial charge in [0.15, 0.2) is 5.13 Å². The van der Waals surface area contributed by atoms with Crippen LogP contribution in [-0.4, -0.2) is 16.1 Å². The lowest BCUT2D eigenvalue weighted by Crippen LogP contribution is -1.90. The van der Waals surface area contributed by atoms with Crippen molar-refractivity contribution in [2.24, 2.45) is 0 Å². The van der Waals surface area contributed by atoms with Crippen molar-refractivity contribution in [2.45, 2.75) is 0 Å². The Balaban J connectivity index is 2.14. The Morgan fingerprint density at radius 3 is 2.65 bits per heavy atom. The van der Waals surface area contributed by atoms with Gasteiger partial charge in [-0.1, -0.05) is 11.3 Å². The first-order chi connectivity index (χ1) is 8.19. The molecule has 0 aliphatic rings. The van der Waals surface area contributed by atoms with Crippen LogP contribution >= 0.6 is 11.3 Å². The summed E-state index contributed by atoms with van der Waals surface area (Å²) in [7, 11) is 0. The van der Waals surface area contributed by atoms with E-state index in [4.69, 9.17) is 10.4 Å². The molecule has 0 unspecified atom stereocenters. The van der Waals surface area contributed by atoms with E-state index in [1.807, 2.05) is 6.07 Å². The number of aromatic carboxylic acids is 1. The number of carboxylic acid groups (broad SMARTS) is 1. The third-order valence-electron chi connectivity index (χ3n) is 1.98. The van der Waals surface area contributed by atoms with Gasteiger partial charge in [-0.05, 0) is 24.3 Å². The van der Waals surface area contributed by atoms with Crippen molar-refractivity contribution in [3.05, 3.63) is 40.9 Å². The minimum atomic E-state index is -0.990. The van der Waals surface area contributed by atoms with E-state index in [1.54, 1.807) is 24.3 Å². The highest BCUT2D eigenvalue weighted by Crippen LogP contribution is 2.22. The molecule has 17 heavy (non-hydrogen) atoms. The van der Waals surface area contributed by atoms with Crippen LogP contribution in [0.15, 0.2) is 30.5 Å². The minimum Gasteiger partial charge on any atom is -0.477 e. The first-order valence-electron chi connectivity index (χ1n) is 4.65. The van der Waals surface area contributed by atoms with Crippen molar-refractivity contribution < 1.29 is 9.90 Å². The van der Waals surface area contributed by atoms with Crippen LogP contribution in [0.2, 0.25) is 0 Å². The van der Waals surface area contributed by atoms with Gasteiger partial charge in [0.1, 0.15) is 4.88 Å². The fourth-order valence-electron chi connectivity index (χ4n) is 1.18. The van der Waals surface area contributed by atoms with Gasteiger partial charge < -0.3 is 10.4 Å². The standard InChI is InChI=1S/C11H7N3O2S/c12-5-7-1-3-8(4-2-7)14-11-13-6-9(17-11)10(15)16/h1-4,6H,(H,13,14)(H,15,16). The molecule has 0 saturated heterocycles. The number of nitriles is 1. The number of hydrogen-bond acceptors (Lipinski definition) is 5. The highest BCUT2D eigenvalue weighted by atomic mass is 32.1. The third-order valence-corrected chi connectivity index (χ3v) is 2.88.